The van der Waals surface area contributed by atoms with Crippen molar-refractivity contribution in [3.63, 3.8) is 0 Å². The number of hydrogen-bond donors (Lipinski definition) is 0. The number of benzene rings is 3. The average Bonchev–Trinajstić information content (AvgIpc) is 2.78. The van der Waals surface area contributed by atoms with Gasteiger partial charge in [0, 0.05) is 11.0 Å². The van der Waals surface area contributed by atoms with E-state index in [1.54, 1.807) is 38.1 Å². The van der Waals surface area contributed by atoms with E-state index in [1.807, 2.05) is 30.3 Å². The molecule has 0 N–H and O–H groups in total. The van der Waals surface area contributed by atoms with Crippen molar-refractivity contribution >= 4 is 20.2 Å². The average molecular weight is 531 g/mol. The predicted molar refractivity (Wildman–Crippen MR) is 129 cm³/mol. The molecule has 3 aromatic rings. The molecule has 4 rings (SSSR count). The molecule has 8 nitrogen and oxygen atoms in total. The summed E-state index contributed by atoms with van der Waals surface area (Å²) in [5, 5.41) is 0. The van der Waals surface area contributed by atoms with Gasteiger partial charge in [0.25, 0.3) is 0 Å². The maximum atomic E-state index is 12.0. The monoisotopic (exact) mass is 530 g/mol. The first-order valence-electron chi connectivity index (χ1n) is 11.3. The smallest absolute Gasteiger partial charge is 0.183 e. The predicted octanol–water partition coefficient (Wildman–Crippen LogP) is 3.63. The van der Waals surface area contributed by atoms with Crippen molar-refractivity contribution < 1.29 is 35.4 Å². The van der Waals surface area contributed by atoms with Crippen LogP contribution >= 0.6 is 0 Å². The standard InChI is InChI=1S/C26H28O8S2/c1-18-8-10-23(35(27,28)29)21(12-18)14-26(15-22-13-19(2)9-11-24(22)36(30,31)32)16-33-25(34-17-26)20-6-4-3-5-7-20/h3-13,25H,14-17H2,1-2H3,(H,27,28,29)(H,30,31,32)/p-2. The zero-order chi connectivity index (χ0) is 26.1. The summed E-state index contributed by atoms with van der Waals surface area (Å²) in [6.45, 7) is 3.70. The van der Waals surface area contributed by atoms with Crippen LogP contribution in [0.2, 0.25) is 0 Å². The molecule has 0 atom stereocenters. The van der Waals surface area contributed by atoms with Crippen LogP contribution in [0.3, 0.4) is 0 Å². The van der Waals surface area contributed by atoms with Crippen molar-refractivity contribution in [2.75, 3.05) is 13.2 Å². The maximum absolute atomic E-state index is 12.0. The Morgan fingerprint density at radius 2 is 1.19 bits per heavy atom. The van der Waals surface area contributed by atoms with Crippen LogP contribution in [0.1, 0.15) is 34.1 Å². The Labute approximate surface area is 211 Å². The van der Waals surface area contributed by atoms with Crippen molar-refractivity contribution in [1.29, 1.82) is 0 Å². The van der Waals surface area contributed by atoms with Crippen LogP contribution in [-0.4, -0.2) is 39.2 Å². The molecule has 1 aliphatic rings. The summed E-state index contributed by atoms with van der Waals surface area (Å²) in [6, 6.07) is 18.1. The Morgan fingerprint density at radius 1 is 0.750 bits per heavy atom. The van der Waals surface area contributed by atoms with Gasteiger partial charge in [-0.3, -0.25) is 0 Å². The summed E-state index contributed by atoms with van der Waals surface area (Å²) >= 11 is 0. The third-order valence-corrected chi connectivity index (χ3v) is 8.13. The van der Waals surface area contributed by atoms with E-state index in [9.17, 15) is 25.9 Å². The van der Waals surface area contributed by atoms with Crippen LogP contribution in [0.4, 0.5) is 0 Å². The maximum Gasteiger partial charge on any atom is 0.183 e. The Kier molecular flexibility index (Phi) is 7.38. The van der Waals surface area contributed by atoms with E-state index in [1.165, 1.54) is 12.1 Å². The van der Waals surface area contributed by atoms with Crippen molar-refractivity contribution in [2.24, 2.45) is 5.41 Å². The van der Waals surface area contributed by atoms with E-state index in [4.69, 9.17) is 9.47 Å². The lowest BCUT2D eigenvalue weighted by Gasteiger charge is -2.41. The van der Waals surface area contributed by atoms with Crippen LogP contribution in [0.5, 0.6) is 0 Å². The molecule has 0 aliphatic carbocycles. The summed E-state index contributed by atoms with van der Waals surface area (Å²) in [7, 11) is -9.54. The quantitative estimate of drug-likeness (QED) is 0.423. The van der Waals surface area contributed by atoms with Gasteiger partial charge < -0.3 is 18.6 Å². The van der Waals surface area contributed by atoms with Gasteiger partial charge in [-0.1, -0.05) is 65.7 Å². The van der Waals surface area contributed by atoms with Gasteiger partial charge in [0.05, 0.1) is 23.0 Å². The fourth-order valence-electron chi connectivity index (χ4n) is 4.65. The molecule has 0 radical (unpaired) electrons. The summed E-state index contributed by atoms with van der Waals surface area (Å²) in [4.78, 5) is -0.697. The van der Waals surface area contributed by atoms with Crippen molar-refractivity contribution in [1.82, 2.24) is 0 Å². The first kappa shape index (κ1) is 26.5. The molecule has 1 fully saturated rings. The van der Waals surface area contributed by atoms with Gasteiger partial charge in [0.2, 0.25) is 0 Å². The third kappa shape index (κ3) is 6.03. The molecule has 0 spiro atoms. The van der Waals surface area contributed by atoms with Crippen LogP contribution in [0.15, 0.2) is 76.5 Å². The van der Waals surface area contributed by atoms with Crippen LogP contribution in [0.25, 0.3) is 0 Å². The van der Waals surface area contributed by atoms with E-state index in [2.05, 4.69) is 0 Å². The number of hydrogen-bond acceptors (Lipinski definition) is 8. The Morgan fingerprint density at radius 3 is 1.61 bits per heavy atom. The molecular weight excluding hydrogens is 504 g/mol. The zero-order valence-corrected chi connectivity index (χ0v) is 21.5. The molecule has 192 valence electrons. The highest BCUT2D eigenvalue weighted by Crippen LogP contribution is 2.39. The van der Waals surface area contributed by atoms with E-state index in [-0.39, 0.29) is 47.0 Å². The second-order valence-electron chi connectivity index (χ2n) is 9.35. The molecule has 1 saturated heterocycles. The highest BCUT2D eigenvalue weighted by molar-refractivity contribution is 7.86. The first-order valence-corrected chi connectivity index (χ1v) is 14.1. The SMILES string of the molecule is Cc1ccc(S(=O)(=O)[O-])c(CC2(Cc3cc(C)ccc3S(=O)(=O)[O-])COC(c3ccccc3)OC2)c1. The second-order valence-corrected chi connectivity index (χ2v) is 12.0. The highest BCUT2D eigenvalue weighted by atomic mass is 32.2. The molecule has 0 aromatic heterocycles. The molecule has 36 heavy (non-hydrogen) atoms. The number of aryl methyl sites for hydroxylation is 2. The van der Waals surface area contributed by atoms with E-state index < -0.39 is 31.9 Å². The fourth-order valence-corrected chi connectivity index (χ4v) is 6.03. The molecule has 1 aliphatic heterocycles. The lowest BCUT2D eigenvalue weighted by molar-refractivity contribution is -0.234. The van der Waals surface area contributed by atoms with Gasteiger partial charge in [-0.05, 0) is 49.9 Å². The molecule has 10 heteroatoms. The van der Waals surface area contributed by atoms with Crippen molar-refractivity contribution in [2.45, 2.75) is 42.8 Å². The minimum Gasteiger partial charge on any atom is -0.744 e. The summed E-state index contributed by atoms with van der Waals surface area (Å²) in [6.07, 6.45) is -0.557. The van der Waals surface area contributed by atoms with Gasteiger partial charge in [-0.25, -0.2) is 16.8 Å². The summed E-state index contributed by atoms with van der Waals surface area (Å²) < 4.78 is 84.1. The molecule has 0 saturated carbocycles. The fraction of sp³-hybridized carbons (Fsp3) is 0.308. The van der Waals surface area contributed by atoms with Crippen molar-refractivity contribution in [3.8, 4) is 0 Å². The van der Waals surface area contributed by atoms with Gasteiger partial charge in [-0.15, -0.1) is 0 Å². The van der Waals surface area contributed by atoms with Gasteiger partial charge in [0.1, 0.15) is 20.2 Å². The minimum atomic E-state index is -4.77. The minimum absolute atomic E-state index is 0.0548. The van der Waals surface area contributed by atoms with Crippen LogP contribution < -0.4 is 0 Å². The van der Waals surface area contributed by atoms with E-state index in [0.717, 1.165) is 16.7 Å². The number of rotatable bonds is 7. The second kappa shape index (κ2) is 10.0. The lowest BCUT2D eigenvalue weighted by Crippen LogP contribution is -2.43. The Bertz CT molecular complexity index is 1370. The molecule has 1 heterocycles. The highest BCUT2D eigenvalue weighted by Gasteiger charge is 2.39. The Hall–Kier alpha value is -2.60. The third-order valence-electron chi connectivity index (χ3n) is 6.26. The molecule has 0 bridgehead atoms. The van der Waals surface area contributed by atoms with Gasteiger partial charge in [0.15, 0.2) is 6.29 Å². The first-order chi connectivity index (χ1) is 16.9. The van der Waals surface area contributed by atoms with E-state index >= 15 is 0 Å². The van der Waals surface area contributed by atoms with Crippen molar-refractivity contribution in [3.05, 3.63) is 94.5 Å². The van der Waals surface area contributed by atoms with Gasteiger partial charge >= 0.3 is 0 Å². The molecule has 3 aromatic carbocycles. The number of ether oxygens (including phenoxy) is 2. The van der Waals surface area contributed by atoms with Gasteiger partial charge in [-0.2, -0.15) is 0 Å². The van der Waals surface area contributed by atoms with E-state index in [0.29, 0.717) is 0 Å². The molecule has 0 amide bonds. The zero-order valence-electron chi connectivity index (χ0n) is 19.8. The van der Waals surface area contributed by atoms with Crippen LogP contribution in [0, 0.1) is 19.3 Å². The molecular formula is C26H26O8S2-2. The Balaban J connectivity index is 1.77. The largest absolute Gasteiger partial charge is 0.744 e. The summed E-state index contributed by atoms with van der Waals surface area (Å²) in [5.41, 5.74) is 1.93. The molecule has 0 unspecified atom stereocenters. The van der Waals surface area contributed by atoms with Crippen LogP contribution in [-0.2, 0) is 42.6 Å². The lowest BCUT2D eigenvalue weighted by atomic mass is 9.77. The topological polar surface area (TPSA) is 133 Å². The summed E-state index contributed by atoms with van der Waals surface area (Å²) in [5.74, 6) is 0. The normalized spacial score (nSPS) is 16.7.